The number of nitrogens with zero attached hydrogens (tertiary/aromatic N) is 1. The number of aromatic nitrogens is 1. The van der Waals surface area contributed by atoms with E-state index in [1.54, 1.807) is 30.6 Å². The maximum Gasteiger partial charge on any atom is 0.291 e. The van der Waals surface area contributed by atoms with Crippen molar-refractivity contribution in [2.45, 2.75) is 38.6 Å². The Morgan fingerprint density at radius 1 is 1.15 bits per heavy atom. The summed E-state index contributed by atoms with van der Waals surface area (Å²) in [5.74, 6) is 1.65. The molecule has 174 valence electrons. The van der Waals surface area contributed by atoms with E-state index in [1.807, 2.05) is 30.5 Å². The molecule has 5 rings (SSSR count). The van der Waals surface area contributed by atoms with Crippen molar-refractivity contribution in [3.05, 3.63) is 93.9 Å². The van der Waals surface area contributed by atoms with E-state index in [-0.39, 0.29) is 11.9 Å². The second-order valence-corrected chi connectivity index (χ2v) is 9.56. The Balaban J connectivity index is 1.61. The number of methoxy groups -OCH3 is 1. The Morgan fingerprint density at radius 2 is 1.97 bits per heavy atom. The van der Waals surface area contributed by atoms with Crippen LogP contribution in [0.3, 0.4) is 0 Å². The smallest absolute Gasteiger partial charge is 0.291 e. The number of benzene rings is 1. The molecule has 1 aliphatic rings. The number of carbonyl (C=O) groups excluding carboxylic acids is 1. The van der Waals surface area contributed by atoms with Gasteiger partial charge in [0.15, 0.2) is 5.76 Å². The summed E-state index contributed by atoms with van der Waals surface area (Å²) in [6.45, 7) is 2.05. The van der Waals surface area contributed by atoms with Gasteiger partial charge in [0.1, 0.15) is 16.6 Å². The predicted molar refractivity (Wildman–Crippen MR) is 135 cm³/mol. The topological polar surface area (TPSA) is 76.4 Å². The maximum absolute atomic E-state index is 12.9. The fourth-order valence-electron chi connectivity index (χ4n) is 4.44. The van der Waals surface area contributed by atoms with Gasteiger partial charge in [0.2, 0.25) is 0 Å². The van der Waals surface area contributed by atoms with Gasteiger partial charge in [-0.3, -0.25) is 4.79 Å². The molecule has 0 aliphatic heterocycles. The van der Waals surface area contributed by atoms with Crippen LogP contribution in [-0.4, -0.2) is 18.0 Å². The van der Waals surface area contributed by atoms with Gasteiger partial charge in [0.05, 0.1) is 19.4 Å². The molecule has 1 atom stereocenters. The first-order valence-corrected chi connectivity index (χ1v) is 12.3. The highest BCUT2D eigenvalue weighted by Crippen LogP contribution is 2.44. The Kier molecular flexibility index (Phi) is 6.36. The summed E-state index contributed by atoms with van der Waals surface area (Å²) in [7, 11) is 1.67. The number of pyridine rings is 1. The molecule has 3 heterocycles. The molecule has 0 spiro atoms. The van der Waals surface area contributed by atoms with Crippen molar-refractivity contribution in [1.29, 1.82) is 0 Å². The Morgan fingerprint density at radius 3 is 2.71 bits per heavy atom. The third-order valence-electron chi connectivity index (χ3n) is 6.13. The summed E-state index contributed by atoms with van der Waals surface area (Å²) in [5, 5.41) is 7.65. The van der Waals surface area contributed by atoms with E-state index in [2.05, 4.69) is 34.7 Å². The summed E-state index contributed by atoms with van der Waals surface area (Å²) < 4.78 is 10.7. The lowest BCUT2D eigenvalue weighted by atomic mass is 9.89. The third kappa shape index (κ3) is 4.56. The molecule has 4 aromatic rings. The second kappa shape index (κ2) is 9.73. The molecular formula is C27H27N3O3S. The fraction of sp³-hybridized carbons (Fsp3) is 0.259. The van der Waals surface area contributed by atoms with Gasteiger partial charge in [-0.2, -0.15) is 0 Å². The fourth-order valence-corrected chi connectivity index (χ4v) is 5.77. The number of aryl methyl sites for hydroxylation is 2. The molecule has 7 heteroatoms. The highest BCUT2D eigenvalue weighted by molar-refractivity contribution is 7.16. The highest BCUT2D eigenvalue weighted by atomic mass is 32.1. The number of rotatable bonds is 7. The summed E-state index contributed by atoms with van der Waals surface area (Å²) >= 11 is 1.67. The van der Waals surface area contributed by atoms with Gasteiger partial charge in [-0.15, -0.1) is 11.3 Å². The quantitative estimate of drug-likeness (QED) is 0.325. The zero-order valence-electron chi connectivity index (χ0n) is 19.3. The lowest BCUT2D eigenvalue weighted by Gasteiger charge is -2.24. The molecule has 6 nitrogen and oxygen atoms in total. The minimum Gasteiger partial charge on any atom is -0.497 e. The lowest BCUT2D eigenvalue weighted by Crippen LogP contribution is -2.18. The van der Waals surface area contributed by atoms with Crippen LogP contribution >= 0.6 is 11.3 Å². The first-order valence-electron chi connectivity index (χ1n) is 11.4. The van der Waals surface area contributed by atoms with Crippen molar-refractivity contribution >= 4 is 28.1 Å². The van der Waals surface area contributed by atoms with Gasteiger partial charge in [0.25, 0.3) is 5.91 Å². The van der Waals surface area contributed by atoms with Crippen LogP contribution in [0.2, 0.25) is 0 Å². The Labute approximate surface area is 203 Å². The third-order valence-corrected chi connectivity index (χ3v) is 7.35. The first kappa shape index (κ1) is 22.2. The van der Waals surface area contributed by atoms with Gasteiger partial charge in [-0.1, -0.05) is 12.1 Å². The number of ether oxygens (including phenoxy) is 1. The van der Waals surface area contributed by atoms with Crippen LogP contribution in [0.15, 0.2) is 65.4 Å². The van der Waals surface area contributed by atoms with E-state index in [0.717, 1.165) is 52.5 Å². The first-order chi connectivity index (χ1) is 16.6. The van der Waals surface area contributed by atoms with E-state index in [9.17, 15) is 4.79 Å². The standard InChI is InChI=1S/C27H27N3O3S/c1-17-13-14-28-23(16-17)29-25(18-9-11-19(32-2)12-10-18)24-20-6-3-4-8-22(20)34-27(24)30-26(31)21-7-5-15-33-21/h5,7,9-16,25H,3-4,6,8H2,1-2H3,(H,28,29)(H,30,31). The zero-order chi connectivity index (χ0) is 23.5. The predicted octanol–water partition coefficient (Wildman–Crippen LogP) is 6.39. The number of thiophene rings is 1. The van der Waals surface area contributed by atoms with E-state index in [1.165, 1.54) is 23.1 Å². The molecule has 0 saturated carbocycles. The molecule has 0 fully saturated rings. The van der Waals surface area contributed by atoms with Crippen molar-refractivity contribution in [1.82, 2.24) is 4.98 Å². The minimum absolute atomic E-state index is 0.190. The number of nitrogens with one attached hydrogen (secondary N) is 2. The van der Waals surface area contributed by atoms with E-state index in [4.69, 9.17) is 9.15 Å². The van der Waals surface area contributed by atoms with Crippen LogP contribution in [0.1, 0.15) is 56.6 Å². The van der Waals surface area contributed by atoms with Gasteiger partial charge in [-0.25, -0.2) is 4.98 Å². The van der Waals surface area contributed by atoms with Crippen LogP contribution in [0.4, 0.5) is 10.8 Å². The molecular weight excluding hydrogens is 446 g/mol. The normalized spacial score (nSPS) is 13.7. The summed E-state index contributed by atoms with van der Waals surface area (Å²) in [4.78, 5) is 18.8. The number of furan rings is 1. The number of hydrogen-bond donors (Lipinski definition) is 2. The summed E-state index contributed by atoms with van der Waals surface area (Å²) in [5.41, 5.74) is 4.63. The van der Waals surface area contributed by atoms with Crippen LogP contribution in [0.5, 0.6) is 5.75 Å². The molecule has 34 heavy (non-hydrogen) atoms. The molecule has 1 unspecified atom stereocenters. The van der Waals surface area contributed by atoms with Crippen molar-refractivity contribution in [2.24, 2.45) is 0 Å². The Bertz CT molecular complexity index is 1280. The number of anilines is 2. The van der Waals surface area contributed by atoms with E-state index >= 15 is 0 Å². The number of fused-ring (bicyclic) bond motifs is 1. The lowest BCUT2D eigenvalue weighted by molar-refractivity contribution is 0.0997. The average molecular weight is 474 g/mol. The maximum atomic E-state index is 12.9. The second-order valence-electron chi connectivity index (χ2n) is 8.45. The molecule has 0 bridgehead atoms. The molecule has 1 aromatic carbocycles. The molecule has 1 amide bonds. The van der Waals surface area contributed by atoms with Crippen molar-refractivity contribution in [3.63, 3.8) is 0 Å². The van der Waals surface area contributed by atoms with Crippen molar-refractivity contribution in [2.75, 3.05) is 17.7 Å². The van der Waals surface area contributed by atoms with Crippen LogP contribution in [0, 0.1) is 6.92 Å². The van der Waals surface area contributed by atoms with Crippen molar-refractivity contribution < 1.29 is 13.9 Å². The van der Waals surface area contributed by atoms with E-state index in [0.29, 0.717) is 5.76 Å². The summed E-state index contributed by atoms with van der Waals surface area (Å²) in [6.07, 6.45) is 7.65. The number of carbonyl (C=O) groups is 1. The van der Waals surface area contributed by atoms with Gasteiger partial charge in [0, 0.05) is 16.6 Å². The van der Waals surface area contributed by atoms with Gasteiger partial charge in [-0.05, 0) is 85.7 Å². The monoisotopic (exact) mass is 473 g/mol. The van der Waals surface area contributed by atoms with Crippen LogP contribution < -0.4 is 15.4 Å². The minimum atomic E-state index is -0.244. The molecule has 0 saturated heterocycles. The Hall–Kier alpha value is -3.58. The SMILES string of the molecule is COc1ccc(C(Nc2cc(C)ccn2)c2c(NC(=O)c3ccco3)sc3c2CCCC3)cc1. The number of hydrogen-bond acceptors (Lipinski definition) is 6. The summed E-state index contributed by atoms with van der Waals surface area (Å²) in [6, 6.07) is 15.3. The number of amides is 1. The molecule has 3 aromatic heterocycles. The van der Waals surface area contributed by atoms with Crippen molar-refractivity contribution in [3.8, 4) is 5.75 Å². The average Bonchev–Trinajstić information content (AvgIpc) is 3.51. The van der Waals surface area contributed by atoms with Gasteiger partial charge >= 0.3 is 0 Å². The van der Waals surface area contributed by atoms with E-state index < -0.39 is 0 Å². The van der Waals surface area contributed by atoms with Gasteiger partial charge < -0.3 is 19.8 Å². The highest BCUT2D eigenvalue weighted by Gasteiger charge is 2.29. The molecule has 2 N–H and O–H groups in total. The van der Waals surface area contributed by atoms with Crippen LogP contribution in [0.25, 0.3) is 0 Å². The molecule has 1 aliphatic carbocycles. The zero-order valence-corrected chi connectivity index (χ0v) is 20.1. The molecule has 0 radical (unpaired) electrons. The largest absolute Gasteiger partial charge is 0.497 e. The van der Waals surface area contributed by atoms with Crippen LogP contribution in [-0.2, 0) is 12.8 Å².